The van der Waals surface area contributed by atoms with Crippen molar-refractivity contribution in [3.63, 3.8) is 0 Å². The molecule has 0 aliphatic heterocycles. The number of nitrogens with zero attached hydrogens (tertiary/aromatic N) is 3. The van der Waals surface area contributed by atoms with Crippen LogP contribution in [0.1, 0.15) is 5.01 Å². The van der Waals surface area contributed by atoms with E-state index < -0.39 is 0 Å². The number of fused-ring (bicyclic) bond motifs is 1. The van der Waals surface area contributed by atoms with E-state index in [0.717, 1.165) is 34.1 Å². The second-order valence-electron chi connectivity index (χ2n) is 3.84. The molecule has 0 saturated carbocycles. The molecule has 0 amide bonds. The molecule has 0 aliphatic carbocycles. The fourth-order valence-corrected chi connectivity index (χ4v) is 2.56. The lowest BCUT2D eigenvalue weighted by Gasteiger charge is -2.03. The van der Waals surface area contributed by atoms with Gasteiger partial charge in [-0.05, 0) is 12.1 Å². The minimum Gasteiger partial charge on any atom is -0.385 e. The van der Waals surface area contributed by atoms with E-state index in [9.17, 15) is 0 Å². The second kappa shape index (κ2) is 5.10. The number of hydrogen-bond acceptors (Lipinski definition) is 5. The van der Waals surface area contributed by atoms with E-state index >= 15 is 0 Å². The predicted octanol–water partition coefficient (Wildman–Crippen LogP) is 2.74. The zero-order valence-electron chi connectivity index (χ0n) is 9.71. The molecular formula is C13H12N4S. The summed E-state index contributed by atoms with van der Waals surface area (Å²) in [5.41, 5.74) is 1.88. The second-order valence-corrected chi connectivity index (χ2v) is 4.90. The first-order valence-corrected chi connectivity index (χ1v) is 6.59. The molecule has 5 heteroatoms. The van der Waals surface area contributed by atoms with Crippen LogP contribution >= 0.6 is 11.3 Å². The highest BCUT2D eigenvalue weighted by molar-refractivity contribution is 7.18. The molecule has 2 heterocycles. The Morgan fingerprint density at radius 1 is 1.06 bits per heavy atom. The van der Waals surface area contributed by atoms with Crippen LogP contribution in [-0.2, 0) is 6.42 Å². The zero-order valence-corrected chi connectivity index (χ0v) is 10.5. The number of para-hydroxylation sites is 1. The number of thiazole rings is 1. The van der Waals surface area contributed by atoms with Crippen molar-refractivity contribution in [1.29, 1.82) is 0 Å². The van der Waals surface area contributed by atoms with Crippen LogP contribution in [0.25, 0.3) is 10.5 Å². The summed E-state index contributed by atoms with van der Waals surface area (Å²) in [4.78, 5) is 13.8. The maximum absolute atomic E-state index is 4.45. The molecule has 90 valence electrons. The Kier molecular flexibility index (Phi) is 3.14. The quantitative estimate of drug-likeness (QED) is 0.779. The standard InChI is InChI=1S/C13H12N4S/c1-2-4-10(5-3-1)14-7-6-11-17-12-13(18-11)16-9-8-15-12/h1-5,8-9,14H,6-7H2. The van der Waals surface area contributed by atoms with Gasteiger partial charge in [-0.25, -0.2) is 15.0 Å². The number of rotatable bonds is 4. The Labute approximate surface area is 109 Å². The molecule has 1 aromatic carbocycles. The highest BCUT2D eigenvalue weighted by Gasteiger charge is 2.04. The van der Waals surface area contributed by atoms with E-state index in [2.05, 4.69) is 32.4 Å². The summed E-state index contributed by atoms with van der Waals surface area (Å²) in [5.74, 6) is 0. The highest BCUT2D eigenvalue weighted by Crippen LogP contribution is 2.17. The zero-order chi connectivity index (χ0) is 12.2. The summed E-state index contributed by atoms with van der Waals surface area (Å²) in [6.07, 6.45) is 4.26. The van der Waals surface area contributed by atoms with Crippen LogP contribution in [0, 0.1) is 0 Å². The van der Waals surface area contributed by atoms with Gasteiger partial charge in [0.25, 0.3) is 0 Å². The SMILES string of the molecule is c1ccc(NCCc2nc3nccnc3s2)cc1. The Balaban J connectivity index is 1.63. The van der Waals surface area contributed by atoms with Gasteiger partial charge in [0.2, 0.25) is 0 Å². The molecule has 1 N–H and O–H groups in total. The fourth-order valence-electron chi connectivity index (χ4n) is 1.70. The maximum Gasteiger partial charge on any atom is 0.189 e. The molecule has 2 aromatic heterocycles. The van der Waals surface area contributed by atoms with Gasteiger partial charge in [-0.15, -0.1) is 0 Å². The normalized spacial score (nSPS) is 10.7. The molecule has 0 saturated heterocycles. The van der Waals surface area contributed by atoms with Gasteiger partial charge in [-0.1, -0.05) is 29.5 Å². The number of nitrogens with one attached hydrogen (secondary N) is 1. The van der Waals surface area contributed by atoms with E-state index in [1.54, 1.807) is 23.7 Å². The van der Waals surface area contributed by atoms with E-state index in [0.29, 0.717) is 0 Å². The fraction of sp³-hybridized carbons (Fsp3) is 0.154. The first-order valence-electron chi connectivity index (χ1n) is 5.77. The van der Waals surface area contributed by atoms with Crippen molar-refractivity contribution >= 4 is 27.5 Å². The van der Waals surface area contributed by atoms with Gasteiger partial charge in [-0.3, -0.25) is 0 Å². The van der Waals surface area contributed by atoms with Crippen molar-refractivity contribution < 1.29 is 0 Å². The van der Waals surface area contributed by atoms with Crippen molar-refractivity contribution in [2.75, 3.05) is 11.9 Å². The number of anilines is 1. The molecular weight excluding hydrogens is 244 g/mol. The molecule has 0 bridgehead atoms. The van der Waals surface area contributed by atoms with Crippen LogP contribution in [0.5, 0.6) is 0 Å². The van der Waals surface area contributed by atoms with Crippen LogP contribution in [0.3, 0.4) is 0 Å². The molecule has 0 spiro atoms. The molecule has 0 unspecified atom stereocenters. The van der Waals surface area contributed by atoms with Gasteiger partial charge in [0.05, 0.1) is 5.01 Å². The summed E-state index contributed by atoms with van der Waals surface area (Å²) < 4.78 is 0. The van der Waals surface area contributed by atoms with Gasteiger partial charge in [0.15, 0.2) is 10.5 Å². The van der Waals surface area contributed by atoms with Crippen LogP contribution in [0.4, 0.5) is 5.69 Å². The summed E-state index contributed by atoms with van der Waals surface area (Å²) in [6, 6.07) is 10.2. The summed E-state index contributed by atoms with van der Waals surface area (Å²) >= 11 is 1.61. The highest BCUT2D eigenvalue weighted by atomic mass is 32.1. The van der Waals surface area contributed by atoms with Crippen LogP contribution in [0.15, 0.2) is 42.7 Å². The maximum atomic E-state index is 4.45. The molecule has 3 rings (SSSR count). The largest absolute Gasteiger partial charge is 0.385 e. The third-order valence-corrected chi connectivity index (χ3v) is 3.55. The van der Waals surface area contributed by atoms with E-state index in [1.165, 1.54) is 0 Å². The number of aromatic nitrogens is 3. The lowest BCUT2D eigenvalue weighted by Crippen LogP contribution is -2.04. The van der Waals surface area contributed by atoms with E-state index in [-0.39, 0.29) is 0 Å². The van der Waals surface area contributed by atoms with Crippen LogP contribution in [0.2, 0.25) is 0 Å². The van der Waals surface area contributed by atoms with E-state index in [4.69, 9.17) is 0 Å². The first-order chi connectivity index (χ1) is 8.92. The molecule has 18 heavy (non-hydrogen) atoms. The van der Waals surface area contributed by atoms with Gasteiger partial charge in [0.1, 0.15) is 0 Å². The molecule has 0 atom stereocenters. The Bertz CT molecular complexity index is 603. The Morgan fingerprint density at radius 2 is 1.89 bits per heavy atom. The summed E-state index contributed by atoms with van der Waals surface area (Å²) in [7, 11) is 0. The predicted molar refractivity (Wildman–Crippen MR) is 73.8 cm³/mol. The van der Waals surface area contributed by atoms with Crippen molar-refractivity contribution in [2.24, 2.45) is 0 Å². The van der Waals surface area contributed by atoms with Gasteiger partial charge in [-0.2, -0.15) is 0 Å². The van der Waals surface area contributed by atoms with Gasteiger partial charge in [0, 0.05) is 31.0 Å². The summed E-state index contributed by atoms with van der Waals surface area (Å²) in [5, 5.41) is 4.43. The number of benzene rings is 1. The van der Waals surface area contributed by atoms with Crippen molar-refractivity contribution in [3.8, 4) is 0 Å². The minimum absolute atomic E-state index is 0.747. The van der Waals surface area contributed by atoms with Gasteiger partial charge < -0.3 is 5.32 Å². The average molecular weight is 256 g/mol. The molecule has 0 fully saturated rings. The Hall–Kier alpha value is -2.01. The summed E-state index contributed by atoms with van der Waals surface area (Å²) in [6.45, 7) is 0.865. The monoisotopic (exact) mass is 256 g/mol. The molecule has 4 nitrogen and oxygen atoms in total. The van der Waals surface area contributed by atoms with E-state index in [1.807, 2.05) is 18.2 Å². The van der Waals surface area contributed by atoms with Crippen molar-refractivity contribution in [1.82, 2.24) is 15.0 Å². The van der Waals surface area contributed by atoms with Crippen molar-refractivity contribution in [3.05, 3.63) is 47.7 Å². The van der Waals surface area contributed by atoms with Crippen molar-refractivity contribution in [2.45, 2.75) is 6.42 Å². The molecule has 0 radical (unpaired) electrons. The minimum atomic E-state index is 0.747. The third-order valence-electron chi connectivity index (χ3n) is 2.53. The Morgan fingerprint density at radius 3 is 2.72 bits per heavy atom. The third kappa shape index (κ3) is 2.46. The number of hydrogen-bond donors (Lipinski definition) is 1. The van der Waals surface area contributed by atoms with Crippen LogP contribution in [-0.4, -0.2) is 21.5 Å². The topological polar surface area (TPSA) is 50.7 Å². The van der Waals surface area contributed by atoms with Crippen LogP contribution < -0.4 is 5.32 Å². The molecule has 3 aromatic rings. The lowest BCUT2D eigenvalue weighted by molar-refractivity contribution is 1.00. The van der Waals surface area contributed by atoms with Gasteiger partial charge >= 0.3 is 0 Å². The average Bonchev–Trinajstić information content (AvgIpc) is 2.82. The first kappa shape index (κ1) is 11.1. The smallest absolute Gasteiger partial charge is 0.189 e. The lowest BCUT2D eigenvalue weighted by atomic mass is 10.3. The molecule has 0 aliphatic rings.